The van der Waals surface area contributed by atoms with Crippen molar-refractivity contribution in [1.82, 2.24) is 4.90 Å². The molecule has 0 saturated carbocycles. The van der Waals surface area contributed by atoms with Crippen molar-refractivity contribution < 1.29 is 19.1 Å². The van der Waals surface area contributed by atoms with Gasteiger partial charge in [0, 0.05) is 12.1 Å². The summed E-state index contributed by atoms with van der Waals surface area (Å²) in [6.45, 7) is 3.84. The van der Waals surface area contributed by atoms with Crippen molar-refractivity contribution in [3.63, 3.8) is 0 Å². The van der Waals surface area contributed by atoms with E-state index >= 15 is 0 Å². The Kier molecular flexibility index (Phi) is 4.83. The van der Waals surface area contributed by atoms with E-state index in [2.05, 4.69) is 0 Å². The summed E-state index contributed by atoms with van der Waals surface area (Å²) in [6, 6.07) is 2.96. The zero-order valence-corrected chi connectivity index (χ0v) is 10.4. The molecular formula is C13H16FNO3. The molecule has 1 amide bonds. The van der Waals surface area contributed by atoms with E-state index in [1.807, 2.05) is 6.92 Å². The summed E-state index contributed by atoms with van der Waals surface area (Å²) >= 11 is 0. The number of carboxylic acid groups (broad SMARTS) is 1. The first kappa shape index (κ1) is 14.2. The molecule has 1 N–H and O–H groups in total. The Hall–Kier alpha value is -1.91. The van der Waals surface area contributed by atoms with Crippen LogP contribution in [0.1, 0.15) is 30.5 Å². The molecule has 0 fully saturated rings. The maximum atomic E-state index is 13.7. The summed E-state index contributed by atoms with van der Waals surface area (Å²) in [5.74, 6) is -1.85. The van der Waals surface area contributed by atoms with Crippen LogP contribution in [0.25, 0.3) is 0 Å². The lowest BCUT2D eigenvalue weighted by Crippen LogP contribution is -2.34. The number of carbonyl (C=O) groups excluding carboxylic acids is 1. The van der Waals surface area contributed by atoms with E-state index in [0.29, 0.717) is 12.8 Å². The van der Waals surface area contributed by atoms with Gasteiger partial charge < -0.3 is 10.0 Å². The SMILES string of the molecule is CCCN(C=O)C(C(=O)O)c1cc(C)ccc1F. The van der Waals surface area contributed by atoms with Gasteiger partial charge >= 0.3 is 5.97 Å². The van der Waals surface area contributed by atoms with Crippen LogP contribution in [0.2, 0.25) is 0 Å². The lowest BCUT2D eigenvalue weighted by molar-refractivity contribution is -0.146. The third-order valence-corrected chi connectivity index (χ3v) is 2.63. The average Bonchev–Trinajstić information content (AvgIpc) is 2.32. The summed E-state index contributed by atoms with van der Waals surface area (Å²) in [6.07, 6.45) is 1.06. The lowest BCUT2D eigenvalue weighted by Gasteiger charge is -2.25. The Morgan fingerprint density at radius 3 is 2.72 bits per heavy atom. The number of carbonyl (C=O) groups is 2. The molecule has 5 heteroatoms. The minimum Gasteiger partial charge on any atom is -0.479 e. The van der Waals surface area contributed by atoms with Crippen molar-refractivity contribution in [2.75, 3.05) is 6.54 Å². The number of nitrogens with zero attached hydrogens (tertiary/aromatic N) is 1. The highest BCUT2D eigenvalue weighted by Gasteiger charge is 2.28. The van der Waals surface area contributed by atoms with E-state index in [1.54, 1.807) is 13.0 Å². The summed E-state index contributed by atoms with van der Waals surface area (Å²) in [5, 5.41) is 9.20. The van der Waals surface area contributed by atoms with E-state index in [1.165, 1.54) is 12.1 Å². The van der Waals surface area contributed by atoms with Crippen molar-refractivity contribution >= 4 is 12.4 Å². The molecule has 1 rings (SSSR count). The van der Waals surface area contributed by atoms with Crippen molar-refractivity contribution in [2.45, 2.75) is 26.3 Å². The zero-order valence-electron chi connectivity index (χ0n) is 10.4. The molecule has 1 aromatic rings. The van der Waals surface area contributed by atoms with Crippen molar-refractivity contribution in [2.24, 2.45) is 0 Å². The zero-order chi connectivity index (χ0) is 13.7. The molecule has 18 heavy (non-hydrogen) atoms. The third-order valence-electron chi connectivity index (χ3n) is 2.63. The van der Waals surface area contributed by atoms with E-state index in [4.69, 9.17) is 0 Å². The van der Waals surface area contributed by atoms with Gasteiger partial charge in [-0.25, -0.2) is 9.18 Å². The van der Waals surface area contributed by atoms with Crippen LogP contribution in [-0.4, -0.2) is 28.9 Å². The Morgan fingerprint density at radius 2 is 2.22 bits per heavy atom. The van der Waals surface area contributed by atoms with Gasteiger partial charge in [-0.05, 0) is 19.4 Å². The van der Waals surface area contributed by atoms with Crippen molar-refractivity contribution in [3.8, 4) is 0 Å². The number of benzene rings is 1. The minimum absolute atomic E-state index is 0.0167. The monoisotopic (exact) mass is 253 g/mol. The van der Waals surface area contributed by atoms with Gasteiger partial charge in [-0.2, -0.15) is 0 Å². The summed E-state index contributed by atoms with van der Waals surface area (Å²) in [7, 11) is 0. The van der Waals surface area contributed by atoms with Gasteiger partial charge in [-0.1, -0.05) is 24.6 Å². The van der Waals surface area contributed by atoms with Gasteiger partial charge in [0.1, 0.15) is 5.82 Å². The van der Waals surface area contributed by atoms with E-state index in [9.17, 15) is 19.1 Å². The van der Waals surface area contributed by atoms with E-state index < -0.39 is 17.8 Å². The Morgan fingerprint density at radius 1 is 1.56 bits per heavy atom. The average molecular weight is 253 g/mol. The van der Waals surface area contributed by atoms with Crippen LogP contribution in [-0.2, 0) is 9.59 Å². The van der Waals surface area contributed by atoms with E-state index in [-0.39, 0.29) is 12.1 Å². The number of halogens is 1. The quantitative estimate of drug-likeness (QED) is 0.790. The molecule has 0 aliphatic heterocycles. The topological polar surface area (TPSA) is 57.6 Å². The highest BCUT2D eigenvalue weighted by molar-refractivity contribution is 5.78. The minimum atomic E-state index is -1.28. The predicted octanol–water partition coefficient (Wildman–Crippen LogP) is 2.13. The maximum absolute atomic E-state index is 13.7. The Bertz CT molecular complexity index is 448. The van der Waals surface area contributed by atoms with Gasteiger partial charge in [-0.15, -0.1) is 0 Å². The second-order valence-corrected chi connectivity index (χ2v) is 4.11. The van der Waals surface area contributed by atoms with E-state index in [0.717, 1.165) is 10.5 Å². The number of aliphatic carboxylic acids is 1. The van der Waals surface area contributed by atoms with Crippen molar-refractivity contribution in [1.29, 1.82) is 0 Å². The number of carboxylic acids is 1. The van der Waals surface area contributed by atoms with Crippen LogP contribution in [0, 0.1) is 12.7 Å². The van der Waals surface area contributed by atoms with Gasteiger partial charge in [0.25, 0.3) is 0 Å². The molecule has 0 spiro atoms. The summed E-state index contributed by atoms with van der Waals surface area (Å²) in [5.41, 5.74) is 0.767. The fourth-order valence-electron chi connectivity index (χ4n) is 1.83. The van der Waals surface area contributed by atoms with Crippen LogP contribution in [0.4, 0.5) is 4.39 Å². The smallest absolute Gasteiger partial charge is 0.331 e. The van der Waals surface area contributed by atoms with Crippen molar-refractivity contribution in [3.05, 3.63) is 35.1 Å². The highest BCUT2D eigenvalue weighted by atomic mass is 19.1. The fraction of sp³-hybridized carbons (Fsp3) is 0.385. The van der Waals surface area contributed by atoms with Crippen LogP contribution < -0.4 is 0 Å². The van der Waals surface area contributed by atoms with Crippen LogP contribution in [0.15, 0.2) is 18.2 Å². The molecule has 0 radical (unpaired) electrons. The molecule has 0 aromatic heterocycles. The summed E-state index contributed by atoms with van der Waals surface area (Å²) < 4.78 is 13.7. The Labute approximate surface area is 105 Å². The maximum Gasteiger partial charge on any atom is 0.331 e. The molecule has 1 atom stereocenters. The van der Waals surface area contributed by atoms with Gasteiger partial charge in [0.15, 0.2) is 6.04 Å². The fourth-order valence-corrected chi connectivity index (χ4v) is 1.83. The van der Waals surface area contributed by atoms with Gasteiger partial charge in [-0.3, -0.25) is 4.79 Å². The standard InChI is InChI=1S/C13H16FNO3/c1-3-6-15(8-16)12(13(17)18)10-7-9(2)4-5-11(10)14/h4-5,7-8,12H,3,6H2,1-2H3,(H,17,18). The lowest BCUT2D eigenvalue weighted by atomic mass is 10.0. The molecule has 98 valence electrons. The largest absolute Gasteiger partial charge is 0.479 e. The first-order valence-corrected chi connectivity index (χ1v) is 5.71. The molecule has 0 bridgehead atoms. The molecule has 0 heterocycles. The Balaban J connectivity index is 3.22. The molecule has 0 aliphatic rings. The van der Waals surface area contributed by atoms with Gasteiger partial charge in [0.2, 0.25) is 6.41 Å². The second kappa shape index (κ2) is 6.14. The number of hydrogen-bond donors (Lipinski definition) is 1. The molecule has 4 nitrogen and oxygen atoms in total. The molecule has 1 aromatic carbocycles. The van der Waals surface area contributed by atoms with Gasteiger partial charge in [0.05, 0.1) is 0 Å². The van der Waals surface area contributed by atoms with Crippen LogP contribution in [0.5, 0.6) is 0 Å². The number of rotatable bonds is 6. The van der Waals surface area contributed by atoms with Crippen LogP contribution in [0.3, 0.4) is 0 Å². The number of hydrogen-bond acceptors (Lipinski definition) is 2. The normalized spacial score (nSPS) is 11.9. The number of amides is 1. The van der Waals surface area contributed by atoms with Crippen LogP contribution >= 0.6 is 0 Å². The second-order valence-electron chi connectivity index (χ2n) is 4.11. The molecule has 1 unspecified atom stereocenters. The highest BCUT2D eigenvalue weighted by Crippen LogP contribution is 2.24. The molecular weight excluding hydrogens is 237 g/mol. The first-order chi connectivity index (χ1) is 8.51. The third kappa shape index (κ3) is 3.06. The predicted molar refractivity (Wildman–Crippen MR) is 64.6 cm³/mol. The molecule has 0 aliphatic carbocycles. The number of aryl methyl sites for hydroxylation is 1. The molecule has 0 saturated heterocycles. The summed E-state index contributed by atoms with van der Waals surface area (Å²) in [4.78, 5) is 23.3. The first-order valence-electron chi connectivity index (χ1n) is 5.71.